The van der Waals surface area contributed by atoms with Crippen LogP contribution in [-0.4, -0.2) is 36.7 Å². The number of nitrogens with zero attached hydrogens (tertiary/aromatic N) is 1. The zero-order chi connectivity index (χ0) is 9.90. The van der Waals surface area contributed by atoms with Crippen molar-refractivity contribution in [2.24, 2.45) is 5.92 Å². The van der Waals surface area contributed by atoms with Crippen LogP contribution >= 0.6 is 0 Å². The summed E-state index contributed by atoms with van der Waals surface area (Å²) in [5, 5.41) is 0. The second kappa shape index (κ2) is 4.43. The molecule has 2 heterocycles. The number of hydrogen-bond donors (Lipinski definition) is 0. The van der Waals surface area contributed by atoms with Crippen LogP contribution in [0.3, 0.4) is 0 Å². The molecule has 0 amide bonds. The molecule has 2 nitrogen and oxygen atoms in total. The van der Waals surface area contributed by atoms with E-state index in [1.807, 2.05) is 13.8 Å². The van der Waals surface area contributed by atoms with Crippen LogP contribution in [0.5, 0.6) is 0 Å². The molecular formula is C11H23NO. The highest BCUT2D eigenvalue weighted by Crippen LogP contribution is 2.35. The fraction of sp³-hybridized carbons (Fsp3) is 1.00. The van der Waals surface area contributed by atoms with Gasteiger partial charge in [0.2, 0.25) is 0 Å². The summed E-state index contributed by atoms with van der Waals surface area (Å²) in [6.45, 7) is 13.0. The highest BCUT2D eigenvalue weighted by Gasteiger charge is 2.42. The third-order valence-corrected chi connectivity index (χ3v) is 2.91. The Morgan fingerprint density at radius 2 is 2.15 bits per heavy atom. The Bertz CT molecular complexity index is 160. The maximum Gasteiger partial charge on any atom is 0.0784 e. The summed E-state index contributed by atoms with van der Waals surface area (Å²) in [6, 6.07) is 0. The second-order valence-electron chi connectivity index (χ2n) is 4.16. The van der Waals surface area contributed by atoms with Crippen molar-refractivity contribution in [1.29, 1.82) is 0 Å². The van der Waals surface area contributed by atoms with Crippen LogP contribution in [0.25, 0.3) is 0 Å². The van der Waals surface area contributed by atoms with E-state index in [2.05, 4.69) is 18.7 Å². The lowest BCUT2D eigenvalue weighted by Crippen LogP contribution is -2.45. The number of ether oxygens (including phenoxy) is 1. The average molecular weight is 185 g/mol. The molecular weight excluding hydrogens is 162 g/mol. The second-order valence-corrected chi connectivity index (χ2v) is 4.16. The first kappa shape index (κ1) is 11.0. The molecule has 0 spiro atoms. The highest BCUT2D eigenvalue weighted by atomic mass is 16.5. The third-order valence-electron chi connectivity index (χ3n) is 2.91. The molecule has 1 unspecified atom stereocenters. The van der Waals surface area contributed by atoms with E-state index in [4.69, 9.17) is 4.74 Å². The number of rotatable bonds is 1. The Kier molecular flexibility index (Phi) is 3.74. The molecule has 0 saturated carbocycles. The first-order chi connectivity index (χ1) is 6.22. The topological polar surface area (TPSA) is 12.5 Å². The fourth-order valence-electron chi connectivity index (χ4n) is 2.42. The van der Waals surface area contributed by atoms with Crippen molar-refractivity contribution < 1.29 is 4.74 Å². The number of likely N-dealkylation sites (tertiary alicyclic amines) is 1. The monoisotopic (exact) mass is 185 g/mol. The average Bonchev–Trinajstić information content (AvgIpc) is 2.43. The minimum absolute atomic E-state index is 0.193. The Morgan fingerprint density at radius 1 is 1.46 bits per heavy atom. The van der Waals surface area contributed by atoms with E-state index in [0.29, 0.717) is 0 Å². The molecule has 2 fully saturated rings. The molecule has 2 heteroatoms. The standard InChI is InChI=1S/C9H17NO.C2H6/c1-3-10-5-8-4-9(2,7-10)11-6-8;1-2/h8H,3-7H2,1-2H3;1-2H3/t8?,9-;/m0./s1. The van der Waals surface area contributed by atoms with Gasteiger partial charge >= 0.3 is 0 Å². The molecule has 2 aliphatic heterocycles. The Hall–Kier alpha value is -0.0800. The Morgan fingerprint density at radius 3 is 2.69 bits per heavy atom. The summed E-state index contributed by atoms with van der Waals surface area (Å²) in [7, 11) is 0. The molecule has 2 rings (SSSR count). The van der Waals surface area contributed by atoms with E-state index < -0.39 is 0 Å². The SMILES string of the molecule is CC.CCN1CC2CO[C@@](C)(C2)C1. The van der Waals surface area contributed by atoms with E-state index in [-0.39, 0.29) is 5.60 Å². The van der Waals surface area contributed by atoms with Crippen molar-refractivity contribution >= 4 is 0 Å². The number of piperidine rings is 1. The molecule has 0 radical (unpaired) electrons. The summed E-state index contributed by atoms with van der Waals surface area (Å²) < 4.78 is 5.75. The van der Waals surface area contributed by atoms with Gasteiger partial charge in [-0.05, 0) is 25.8 Å². The Balaban J connectivity index is 0.000000396. The van der Waals surface area contributed by atoms with E-state index in [1.165, 1.54) is 19.5 Å². The Labute approximate surface area is 82.3 Å². The molecule has 2 aliphatic rings. The minimum Gasteiger partial charge on any atom is -0.374 e. The molecule has 2 saturated heterocycles. The molecule has 0 aliphatic carbocycles. The van der Waals surface area contributed by atoms with Gasteiger partial charge in [0, 0.05) is 13.1 Å². The van der Waals surface area contributed by atoms with Crippen LogP contribution in [0.2, 0.25) is 0 Å². The zero-order valence-electron chi connectivity index (χ0n) is 9.47. The van der Waals surface area contributed by atoms with Crippen LogP contribution < -0.4 is 0 Å². The molecule has 0 N–H and O–H groups in total. The van der Waals surface area contributed by atoms with Gasteiger partial charge in [0.05, 0.1) is 12.2 Å². The van der Waals surface area contributed by atoms with Gasteiger partial charge in [0.15, 0.2) is 0 Å². The summed E-state index contributed by atoms with van der Waals surface area (Å²) in [4.78, 5) is 2.50. The number of hydrogen-bond acceptors (Lipinski definition) is 2. The van der Waals surface area contributed by atoms with Gasteiger partial charge in [-0.25, -0.2) is 0 Å². The molecule has 0 aromatic rings. The maximum absolute atomic E-state index is 5.75. The summed E-state index contributed by atoms with van der Waals surface area (Å²) >= 11 is 0. The number of fused-ring (bicyclic) bond motifs is 2. The molecule has 0 aromatic heterocycles. The van der Waals surface area contributed by atoms with Gasteiger partial charge in [0.1, 0.15) is 0 Å². The van der Waals surface area contributed by atoms with Crippen molar-refractivity contribution in [2.75, 3.05) is 26.2 Å². The van der Waals surface area contributed by atoms with Crippen molar-refractivity contribution in [1.82, 2.24) is 4.90 Å². The van der Waals surface area contributed by atoms with Gasteiger partial charge in [-0.15, -0.1) is 0 Å². The lowest BCUT2D eigenvalue weighted by atomic mass is 9.91. The largest absolute Gasteiger partial charge is 0.374 e. The van der Waals surface area contributed by atoms with Crippen LogP contribution in [0, 0.1) is 5.92 Å². The zero-order valence-corrected chi connectivity index (χ0v) is 9.47. The molecule has 78 valence electrons. The van der Waals surface area contributed by atoms with Crippen molar-refractivity contribution in [3.63, 3.8) is 0 Å². The van der Waals surface area contributed by atoms with E-state index in [1.54, 1.807) is 0 Å². The molecule has 0 aromatic carbocycles. The molecule has 2 atom stereocenters. The predicted octanol–water partition coefficient (Wildman–Crippen LogP) is 2.14. The van der Waals surface area contributed by atoms with Crippen molar-refractivity contribution in [3.8, 4) is 0 Å². The van der Waals surface area contributed by atoms with Crippen LogP contribution in [0.4, 0.5) is 0 Å². The first-order valence-electron chi connectivity index (χ1n) is 5.58. The summed E-state index contributed by atoms with van der Waals surface area (Å²) in [5.74, 6) is 0.814. The molecule has 13 heavy (non-hydrogen) atoms. The number of likely N-dealkylation sites (N-methyl/N-ethyl adjacent to an activating group) is 1. The lowest BCUT2D eigenvalue weighted by Gasteiger charge is -2.35. The maximum atomic E-state index is 5.75. The van der Waals surface area contributed by atoms with E-state index >= 15 is 0 Å². The van der Waals surface area contributed by atoms with Gasteiger partial charge in [-0.1, -0.05) is 20.8 Å². The van der Waals surface area contributed by atoms with Gasteiger partial charge in [-0.2, -0.15) is 0 Å². The van der Waals surface area contributed by atoms with E-state index in [9.17, 15) is 0 Å². The summed E-state index contributed by atoms with van der Waals surface area (Å²) in [6.07, 6.45) is 1.28. The van der Waals surface area contributed by atoms with Crippen LogP contribution in [0.15, 0.2) is 0 Å². The van der Waals surface area contributed by atoms with Gasteiger partial charge in [0.25, 0.3) is 0 Å². The van der Waals surface area contributed by atoms with Gasteiger partial charge in [-0.3, -0.25) is 0 Å². The van der Waals surface area contributed by atoms with Crippen molar-refractivity contribution in [3.05, 3.63) is 0 Å². The normalized spacial score (nSPS) is 38.3. The molecule has 2 bridgehead atoms. The quantitative estimate of drug-likeness (QED) is 0.620. The highest BCUT2D eigenvalue weighted by molar-refractivity contribution is 4.93. The summed E-state index contributed by atoms with van der Waals surface area (Å²) in [5.41, 5.74) is 0.193. The minimum atomic E-state index is 0.193. The van der Waals surface area contributed by atoms with Gasteiger partial charge < -0.3 is 9.64 Å². The van der Waals surface area contributed by atoms with Crippen molar-refractivity contribution in [2.45, 2.75) is 39.7 Å². The fourth-order valence-corrected chi connectivity index (χ4v) is 2.42. The first-order valence-corrected chi connectivity index (χ1v) is 5.58. The third kappa shape index (κ3) is 2.44. The smallest absolute Gasteiger partial charge is 0.0784 e. The predicted molar refractivity (Wildman–Crippen MR) is 55.9 cm³/mol. The van der Waals surface area contributed by atoms with Crippen LogP contribution in [-0.2, 0) is 4.74 Å². The lowest BCUT2D eigenvalue weighted by molar-refractivity contribution is -0.00294. The van der Waals surface area contributed by atoms with Crippen LogP contribution in [0.1, 0.15) is 34.1 Å². The van der Waals surface area contributed by atoms with E-state index in [0.717, 1.165) is 19.1 Å².